The average Bonchev–Trinajstić information content (AvgIpc) is 3.40. The van der Waals surface area contributed by atoms with E-state index in [0.717, 1.165) is 70.0 Å². The highest BCUT2D eigenvalue weighted by Gasteiger charge is 2.26. The standard InChI is InChI=1S/C26H31N3OS/c1-3-10-29-24-5-4-21(26(30)28-12-6-19(2)7-13-28)15-22(24)23-17-27(11-8-25(23)29)16-20-9-14-31-18-20/h3-5,9,14-15,18-19H,1,6-8,10-13,16-17H2,2H3. The molecule has 0 aliphatic carbocycles. The molecule has 1 aromatic carbocycles. The van der Waals surface area contributed by atoms with Crippen LogP contribution in [-0.4, -0.2) is 39.9 Å². The maximum atomic E-state index is 13.2. The van der Waals surface area contributed by atoms with Gasteiger partial charge in [-0.05, 0) is 64.9 Å². The molecule has 5 heteroatoms. The summed E-state index contributed by atoms with van der Waals surface area (Å²) < 4.78 is 2.40. The highest BCUT2D eigenvalue weighted by Crippen LogP contribution is 2.33. The predicted octanol–water partition coefficient (Wildman–Crippen LogP) is 5.32. The van der Waals surface area contributed by atoms with E-state index in [1.807, 2.05) is 17.0 Å². The van der Waals surface area contributed by atoms with E-state index in [-0.39, 0.29) is 5.91 Å². The zero-order chi connectivity index (χ0) is 21.4. The van der Waals surface area contributed by atoms with Crippen LogP contribution in [0.1, 0.15) is 46.9 Å². The maximum absolute atomic E-state index is 13.2. The summed E-state index contributed by atoms with van der Waals surface area (Å²) in [4.78, 5) is 17.8. The van der Waals surface area contributed by atoms with Crippen molar-refractivity contribution in [3.8, 4) is 0 Å². The summed E-state index contributed by atoms with van der Waals surface area (Å²) in [7, 11) is 0. The first-order chi connectivity index (χ1) is 15.1. The second kappa shape index (κ2) is 8.64. The summed E-state index contributed by atoms with van der Waals surface area (Å²) in [6.07, 6.45) is 5.23. The van der Waals surface area contributed by atoms with Crippen molar-refractivity contribution in [2.75, 3.05) is 19.6 Å². The van der Waals surface area contributed by atoms with Gasteiger partial charge in [0.05, 0.1) is 0 Å². The van der Waals surface area contributed by atoms with Gasteiger partial charge in [-0.2, -0.15) is 11.3 Å². The van der Waals surface area contributed by atoms with Crippen LogP contribution >= 0.6 is 11.3 Å². The monoisotopic (exact) mass is 433 g/mol. The molecule has 4 nitrogen and oxygen atoms in total. The van der Waals surface area contributed by atoms with Gasteiger partial charge < -0.3 is 9.47 Å². The van der Waals surface area contributed by atoms with Crippen molar-refractivity contribution in [3.05, 3.63) is 70.1 Å². The normalized spacial score (nSPS) is 17.8. The number of allylic oxidation sites excluding steroid dienone is 1. The lowest BCUT2D eigenvalue weighted by Crippen LogP contribution is -2.37. The Hall–Kier alpha value is -2.37. The summed E-state index contributed by atoms with van der Waals surface area (Å²) in [6, 6.07) is 8.55. The Morgan fingerprint density at radius 1 is 1.23 bits per heavy atom. The van der Waals surface area contributed by atoms with Gasteiger partial charge in [0.25, 0.3) is 5.91 Å². The number of fused-ring (bicyclic) bond motifs is 3. The maximum Gasteiger partial charge on any atom is 0.253 e. The number of aromatic nitrogens is 1. The predicted molar refractivity (Wildman–Crippen MR) is 129 cm³/mol. The molecule has 1 fully saturated rings. The fourth-order valence-electron chi connectivity index (χ4n) is 5.15. The van der Waals surface area contributed by atoms with Gasteiger partial charge in [0.2, 0.25) is 0 Å². The summed E-state index contributed by atoms with van der Waals surface area (Å²) in [5.74, 6) is 0.908. The van der Waals surface area contributed by atoms with Gasteiger partial charge in [0.15, 0.2) is 0 Å². The van der Waals surface area contributed by atoms with Crippen LogP contribution in [-0.2, 0) is 26.1 Å². The second-order valence-corrected chi connectivity index (χ2v) is 9.90. The van der Waals surface area contributed by atoms with E-state index in [9.17, 15) is 4.79 Å². The summed E-state index contributed by atoms with van der Waals surface area (Å²) in [5, 5.41) is 5.63. The minimum absolute atomic E-state index is 0.185. The number of hydrogen-bond donors (Lipinski definition) is 0. The number of carbonyl (C=O) groups is 1. The zero-order valence-electron chi connectivity index (χ0n) is 18.3. The molecule has 0 bridgehead atoms. The zero-order valence-corrected chi connectivity index (χ0v) is 19.2. The Bertz CT molecular complexity index is 1090. The summed E-state index contributed by atoms with van der Waals surface area (Å²) >= 11 is 1.76. The fraction of sp³-hybridized carbons (Fsp3) is 0.423. The molecule has 31 heavy (non-hydrogen) atoms. The molecule has 0 atom stereocenters. The Morgan fingerprint density at radius 3 is 2.81 bits per heavy atom. The molecule has 0 spiro atoms. The molecule has 1 saturated heterocycles. The largest absolute Gasteiger partial charge is 0.340 e. The Balaban J connectivity index is 1.48. The van der Waals surface area contributed by atoms with Crippen LogP contribution in [0.4, 0.5) is 0 Å². The van der Waals surface area contributed by atoms with Crippen molar-refractivity contribution >= 4 is 28.1 Å². The van der Waals surface area contributed by atoms with Gasteiger partial charge in [-0.25, -0.2) is 0 Å². The van der Waals surface area contributed by atoms with E-state index in [0.29, 0.717) is 0 Å². The third kappa shape index (κ3) is 3.97. The van der Waals surface area contributed by atoms with Crippen molar-refractivity contribution < 1.29 is 4.79 Å². The first-order valence-corrected chi connectivity index (χ1v) is 12.4. The molecular weight excluding hydrogens is 402 g/mol. The van der Waals surface area contributed by atoms with Gasteiger partial charge in [0, 0.05) is 67.8 Å². The van der Waals surface area contributed by atoms with Crippen molar-refractivity contribution in [2.24, 2.45) is 5.92 Å². The van der Waals surface area contributed by atoms with Crippen LogP contribution in [0.15, 0.2) is 47.7 Å². The molecule has 0 radical (unpaired) electrons. The van der Waals surface area contributed by atoms with Crippen LogP contribution in [0, 0.1) is 5.92 Å². The Labute approximate surface area is 188 Å². The molecule has 5 rings (SSSR count). The van der Waals surface area contributed by atoms with Gasteiger partial charge in [-0.15, -0.1) is 6.58 Å². The minimum atomic E-state index is 0.185. The first kappa shape index (κ1) is 20.5. The van der Waals surface area contributed by atoms with Crippen molar-refractivity contribution in [3.63, 3.8) is 0 Å². The number of nitrogens with zero attached hydrogens (tertiary/aromatic N) is 3. The quantitative estimate of drug-likeness (QED) is 0.510. The van der Waals surface area contributed by atoms with Gasteiger partial charge in [-0.3, -0.25) is 9.69 Å². The molecule has 0 unspecified atom stereocenters. The molecule has 2 aliphatic rings. The summed E-state index contributed by atoms with van der Waals surface area (Å²) in [5.41, 5.74) is 6.24. The molecule has 0 saturated carbocycles. The third-order valence-corrected chi connectivity index (χ3v) is 7.68. The lowest BCUT2D eigenvalue weighted by Gasteiger charge is -2.30. The third-order valence-electron chi connectivity index (χ3n) is 6.95. The average molecular weight is 434 g/mol. The number of likely N-dealkylation sites (tertiary alicyclic amines) is 1. The number of hydrogen-bond acceptors (Lipinski definition) is 3. The highest BCUT2D eigenvalue weighted by atomic mass is 32.1. The molecule has 1 amide bonds. The Morgan fingerprint density at radius 2 is 2.06 bits per heavy atom. The molecule has 0 N–H and O–H groups in total. The second-order valence-electron chi connectivity index (χ2n) is 9.12. The number of carbonyl (C=O) groups excluding carboxylic acids is 1. The molecule has 2 aromatic heterocycles. The van der Waals surface area contributed by atoms with E-state index >= 15 is 0 Å². The number of benzene rings is 1. The molecule has 162 valence electrons. The Kier molecular flexibility index (Phi) is 5.72. The first-order valence-electron chi connectivity index (χ1n) is 11.4. The van der Waals surface area contributed by atoms with E-state index in [1.165, 1.54) is 27.7 Å². The minimum Gasteiger partial charge on any atom is -0.340 e. The summed E-state index contributed by atoms with van der Waals surface area (Å²) in [6.45, 7) is 11.8. The van der Waals surface area contributed by atoms with Crippen molar-refractivity contribution in [2.45, 2.75) is 45.8 Å². The van der Waals surface area contributed by atoms with E-state index < -0.39 is 0 Å². The fourth-order valence-corrected chi connectivity index (χ4v) is 5.81. The van der Waals surface area contributed by atoms with Crippen LogP contribution < -0.4 is 0 Å². The van der Waals surface area contributed by atoms with E-state index in [1.54, 1.807) is 11.3 Å². The molecule has 2 aliphatic heterocycles. The topological polar surface area (TPSA) is 28.5 Å². The van der Waals surface area contributed by atoms with Crippen LogP contribution in [0.3, 0.4) is 0 Å². The van der Waals surface area contributed by atoms with Gasteiger partial charge in [-0.1, -0.05) is 13.0 Å². The smallest absolute Gasteiger partial charge is 0.253 e. The lowest BCUT2D eigenvalue weighted by atomic mass is 9.98. The number of rotatable bonds is 5. The lowest BCUT2D eigenvalue weighted by molar-refractivity contribution is 0.0697. The van der Waals surface area contributed by atoms with Crippen LogP contribution in [0.2, 0.25) is 0 Å². The van der Waals surface area contributed by atoms with E-state index in [2.05, 4.69) is 51.9 Å². The number of amides is 1. The molecule has 4 heterocycles. The number of thiophene rings is 1. The van der Waals surface area contributed by atoms with Gasteiger partial charge in [0.1, 0.15) is 0 Å². The SMILES string of the molecule is C=CCn1c2c(c3cc(C(=O)N4CCC(C)CC4)ccc31)CN(Cc1ccsc1)CC2. The van der Waals surface area contributed by atoms with E-state index in [4.69, 9.17) is 0 Å². The molecule has 3 aromatic rings. The highest BCUT2D eigenvalue weighted by molar-refractivity contribution is 7.07. The van der Waals surface area contributed by atoms with Gasteiger partial charge >= 0.3 is 0 Å². The van der Waals surface area contributed by atoms with Crippen LogP contribution in [0.5, 0.6) is 0 Å². The molecular formula is C26H31N3OS. The number of piperidine rings is 1. The van der Waals surface area contributed by atoms with Crippen molar-refractivity contribution in [1.29, 1.82) is 0 Å². The van der Waals surface area contributed by atoms with Crippen LogP contribution in [0.25, 0.3) is 10.9 Å². The van der Waals surface area contributed by atoms with Crippen molar-refractivity contribution in [1.82, 2.24) is 14.4 Å².